The third-order valence-corrected chi connectivity index (χ3v) is 6.06. The maximum absolute atomic E-state index is 5.52. The van der Waals surface area contributed by atoms with Gasteiger partial charge in [-0.05, 0) is 37.0 Å². The standard InChI is InChI=1S/C26H29N7O/c1-19-6-5-8-21(16-19)17-28-31-24-23-25(30-26(29-24)32-12-14-34-15-13-32)33(18-27-23)11-10-22-9-4-3-7-20(22)2/h3-9,16-18H,10-15H2,1-2H3,(H,29,30,31). The van der Waals surface area contributed by atoms with Gasteiger partial charge in [0.25, 0.3) is 0 Å². The molecule has 2 aromatic heterocycles. The molecule has 1 N–H and O–H groups in total. The van der Waals surface area contributed by atoms with Gasteiger partial charge >= 0.3 is 0 Å². The van der Waals surface area contributed by atoms with Crippen LogP contribution in [0.5, 0.6) is 0 Å². The topological polar surface area (TPSA) is 80.5 Å². The summed E-state index contributed by atoms with van der Waals surface area (Å²) in [5.74, 6) is 1.27. The van der Waals surface area contributed by atoms with Crippen molar-refractivity contribution in [1.82, 2.24) is 19.5 Å². The monoisotopic (exact) mass is 455 g/mol. The number of rotatable bonds is 7. The van der Waals surface area contributed by atoms with E-state index in [1.807, 2.05) is 18.5 Å². The largest absolute Gasteiger partial charge is 0.378 e. The molecule has 0 aliphatic carbocycles. The Kier molecular flexibility index (Phi) is 6.49. The number of ether oxygens (including phenoxy) is 1. The summed E-state index contributed by atoms with van der Waals surface area (Å²) in [6, 6.07) is 16.7. The molecule has 0 amide bonds. The van der Waals surface area contributed by atoms with Crippen molar-refractivity contribution in [3.05, 3.63) is 77.1 Å². The maximum Gasteiger partial charge on any atom is 0.229 e. The van der Waals surface area contributed by atoms with Crippen molar-refractivity contribution in [2.75, 3.05) is 36.6 Å². The van der Waals surface area contributed by atoms with E-state index in [1.165, 1.54) is 16.7 Å². The summed E-state index contributed by atoms with van der Waals surface area (Å²) in [7, 11) is 0. The summed E-state index contributed by atoms with van der Waals surface area (Å²) in [6.07, 6.45) is 4.55. The van der Waals surface area contributed by atoms with Gasteiger partial charge in [-0.25, -0.2) is 4.98 Å². The van der Waals surface area contributed by atoms with E-state index in [-0.39, 0.29) is 0 Å². The number of fused-ring (bicyclic) bond motifs is 1. The normalized spacial score (nSPS) is 14.2. The van der Waals surface area contributed by atoms with Gasteiger partial charge in [0.05, 0.1) is 25.8 Å². The lowest BCUT2D eigenvalue weighted by Gasteiger charge is -2.27. The summed E-state index contributed by atoms with van der Waals surface area (Å²) < 4.78 is 7.62. The van der Waals surface area contributed by atoms with Gasteiger partial charge in [0.2, 0.25) is 5.95 Å². The van der Waals surface area contributed by atoms with Crippen LogP contribution in [0.25, 0.3) is 11.2 Å². The minimum atomic E-state index is 0.602. The highest BCUT2D eigenvalue weighted by molar-refractivity contribution is 5.86. The summed E-state index contributed by atoms with van der Waals surface area (Å²) in [4.78, 5) is 16.5. The van der Waals surface area contributed by atoms with Crippen LogP contribution in [-0.4, -0.2) is 52.0 Å². The molecule has 0 bridgehead atoms. The number of hydrogen-bond donors (Lipinski definition) is 1. The fraction of sp³-hybridized carbons (Fsp3) is 0.308. The average Bonchev–Trinajstić information content (AvgIpc) is 3.27. The molecule has 1 fully saturated rings. The Hall–Kier alpha value is -3.78. The molecule has 1 aliphatic heterocycles. The van der Waals surface area contributed by atoms with Gasteiger partial charge in [-0.1, -0.05) is 54.1 Å². The molecule has 8 nitrogen and oxygen atoms in total. The van der Waals surface area contributed by atoms with Crippen molar-refractivity contribution in [2.24, 2.45) is 5.10 Å². The van der Waals surface area contributed by atoms with Crippen LogP contribution in [0.1, 0.15) is 22.3 Å². The lowest BCUT2D eigenvalue weighted by molar-refractivity contribution is 0.122. The van der Waals surface area contributed by atoms with E-state index in [2.05, 4.69) is 75.2 Å². The molecule has 0 saturated carbocycles. The van der Waals surface area contributed by atoms with Gasteiger partial charge in [-0.2, -0.15) is 15.1 Å². The molecule has 1 saturated heterocycles. The number of hydrogen-bond acceptors (Lipinski definition) is 7. The molecule has 0 atom stereocenters. The highest BCUT2D eigenvalue weighted by Gasteiger charge is 2.19. The van der Waals surface area contributed by atoms with Crippen LogP contribution in [-0.2, 0) is 17.7 Å². The molecular formula is C26H29N7O. The number of imidazole rings is 1. The van der Waals surface area contributed by atoms with Gasteiger partial charge in [0.1, 0.15) is 0 Å². The first kappa shape index (κ1) is 22.0. The van der Waals surface area contributed by atoms with Gasteiger partial charge in [0.15, 0.2) is 17.0 Å². The summed E-state index contributed by atoms with van der Waals surface area (Å²) in [5, 5.41) is 4.45. The van der Waals surface area contributed by atoms with Crippen LogP contribution in [0.2, 0.25) is 0 Å². The minimum Gasteiger partial charge on any atom is -0.378 e. The van der Waals surface area contributed by atoms with Crippen LogP contribution in [0.3, 0.4) is 0 Å². The van der Waals surface area contributed by atoms with Gasteiger partial charge in [-0.15, -0.1) is 0 Å². The van der Waals surface area contributed by atoms with Crippen molar-refractivity contribution < 1.29 is 4.74 Å². The Morgan fingerprint density at radius 3 is 2.74 bits per heavy atom. The van der Waals surface area contributed by atoms with E-state index in [0.29, 0.717) is 30.5 Å². The molecule has 3 heterocycles. The molecule has 1 aliphatic rings. The van der Waals surface area contributed by atoms with Crippen molar-refractivity contribution in [3.63, 3.8) is 0 Å². The number of nitrogens with one attached hydrogen (secondary N) is 1. The van der Waals surface area contributed by atoms with Crippen LogP contribution in [0.4, 0.5) is 11.8 Å². The zero-order valence-corrected chi connectivity index (χ0v) is 19.6. The number of aromatic nitrogens is 4. The quantitative estimate of drug-likeness (QED) is 0.336. The Balaban J connectivity index is 1.45. The SMILES string of the molecule is Cc1cccc(C=NNc2nc(N3CCOCC3)nc3c2ncn3CCc2ccccc2C)c1. The van der Waals surface area contributed by atoms with Crippen LogP contribution < -0.4 is 10.3 Å². The predicted octanol–water partition coefficient (Wildman–Crippen LogP) is 3.97. The van der Waals surface area contributed by atoms with E-state index in [4.69, 9.17) is 14.7 Å². The maximum atomic E-state index is 5.52. The number of nitrogens with zero attached hydrogens (tertiary/aromatic N) is 6. The van der Waals surface area contributed by atoms with Crippen molar-refractivity contribution in [3.8, 4) is 0 Å². The molecule has 8 heteroatoms. The highest BCUT2D eigenvalue weighted by atomic mass is 16.5. The van der Waals surface area contributed by atoms with Crippen molar-refractivity contribution in [1.29, 1.82) is 0 Å². The average molecular weight is 456 g/mol. The van der Waals surface area contributed by atoms with E-state index < -0.39 is 0 Å². The third-order valence-electron chi connectivity index (χ3n) is 6.06. The molecule has 5 rings (SSSR count). The molecule has 34 heavy (non-hydrogen) atoms. The summed E-state index contributed by atoms with van der Waals surface area (Å²) in [5.41, 5.74) is 9.47. The second-order valence-corrected chi connectivity index (χ2v) is 8.54. The molecule has 0 spiro atoms. The fourth-order valence-corrected chi connectivity index (χ4v) is 4.13. The Bertz CT molecular complexity index is 1310. The Labute approximate surface area is 199 Å². The zero-order valence-electron chi connectivity index (χ0n) is 19.6. The lowest BCUT2D eigenvalue weighted by atomic mass is 10.1. The van der Waals surface area contributed by atoms with Gasteiger partial charge < -0.3 is 14.2 Å². The van der Waals surface area contributed by atoms with E-state index in [1.54, 1.807) is 6.21 Å². The fourth-order valence-electron chi connectivity index (χ4n) is 4.13. The van der Waals surface area contributed by atoms with Crippen molar-refractivity contribution in [2.45, 2.75) is 26.8 Å². The van der Waals surface area contributed by atoms with E-state index in [0.717, 1.165) is 37.3 Å². The Morgan fingerprint density at radius 2 is 1.91 bits per heavy atom. The molecule has 0 unspecified atom stereocenters. The zero-order chi connectivity index (χ0) is 23.3. The van der Waals surface area contributed by atoms with E-state index in [9.17, 15) is 0 Å². The van der Waals surface area contributed by atoms with Crippen LogP contribution in [0, 0.1) is 13.8 Å². The molecule has 0 radical (unpaired) electrons. The molecule has 174 valence electrons. The number of morpholine rings is 1. The number of benzene rings is 2. The molecule has 4 aromatic rings. The summed E-state index contributed by atoms with van der Waals surface area (Å²) in [6.45, 7) is 7.85. The van der Waals surface area contributed by atoms with Crippen LogP contribution in [0.15, 0.2) is 60.0 Å². The van der Waals surface area contributed by atoms with Crippen LogP contribution >= 0.6 is 0 Å². The van der Waals surface area contributed by atoms with Gasteiger partial charge in [-0.3, -0.25) is 5.43 Å². The number of anilines is 2. The highest BCUT2D eigenvalue weighted by Crippen LogP contribution is 2.24. The minimum absolute atomic E-state index is 0.602. The van der Waals surface area contributed by atoms with Gasteiger partial charge in [0, 0.05) is 19.6 Å². The predicted molar refractivity (Wildman–Crippen MR) is 136 cm³/mol. The molecule has 2 aromatic carbocycles. The van der Waals surface area contributed by atoms with E-state index >= 15 is 0 Å². The number of aryl methyl sites for hydroxylation is 4. The third kappa shape index (κ3) is 4.92. The second kappa shape index (κ2) is 10.0. The van der Waals surface area contributed by atoms with Crippen molar-refractivity contribution >= 4 is 29.1 Å². The Morgan fingerprint density at radius 1 is 1.06 bits per heavy atom. The first-order valence-electron chi connectivity index (χ1n) is 11.6. The molecular weight excluding hydrogens is 426 g/mol. The summed E-state index contributed by atoms with van der Waals surface area (Å²) >= 11 is 0. The first-order valence-corrected chi connectivity index (χ1v) is 11.6. The smallest absolute Gasteiger partial charge is 0.229 e. The second-order valence-electron chi connectivity index (χ2n) is 8.54. The first-order chi connectivity index (χ1) is 16.7. The number of hydrazone groups is 1. The lowest BCUT2D eigenvalue weighted by Crippen LogP contribution is -2.37.